The molecule has 0 saturated heterocycles. The zero-order valence-electron chi connectivity index (χ0n) is 12.4. The van der Waals surface area contributed by atoms with E-state index in [1.807, 2.05) is 30.3 Å². The molecule has 1 heterocycles. The summed E-state index contributed by atoms with van der Waals surface area (Å²) in [6.45, 7) is 0. The summed E-state index contributed by atoms with van der Waals surface area (Å²) in [5, 5.41) is 1.93. The number of primary amides is 1. The molecular weight excluding hydrogens is 380 g/mol. The summed E-state index contributed by atoms with van der Waals surface area (Å²) < 4.78 is 23.8. The number of fused-ring (bicyclic) bond motifs is 3. The van der Waals surface area contributed by atoms with Gasteiger partial charge in [0.1, 0.15) is 0 Å². The number of aromatic nitrogens is 1. The van der Waals surface area contributed by atoms with Crippen LogP contribution in [0, 0.1) is 0 Å². The molecule has 0 radical (unpaired) electrons. The number of carbonyl (C=O) groups is 1. The van der Waals surface area contributed by atoms with Crippen molar-refractivity contribution in [2.45, 2.75) is 12.2 Å². The lowest BCUT2D eigenvalue weighted by Crippen LogP contribution is -2.13. The first-order chi connectivity index (χ1) is 10.7. The smallest absolute Gasteiger partial charge is 0.221 e. The number of benzene rings is 2. The van der Waals surface area contributed by atoms with Crippen molar-refractivity contribution >= 4 is 53.5 Å². The second-order valence-corrected chi connectivity index (χ2v) is 8.67. The predicted molar refractivity (Wildman–Crippen MR) is 95.0 cm³/mol. The molecule has 0 aliphatic carbocycles. The van der Waals surface area contributed by atoms with E-state index in [2.05, 4.69) is 20.9 Å². The topological polar surface area (TPSA) is 93.0 Å². The van der Waals surface area contributed by atoms with E-state index in [4.69, 9.17) is 5.73 Å². The lowest BCUT2D eigenvalue weighted by atomic mass is 10.1. The molecule has 0 spiro atoms. The van der Waals surface area contributed by atoms with Gasteiger partial charge in [0.15, 0.2) is 9.84 Å². The zero-order chi connectivity index (χ0) is 16.8. The highest BCUT2D eigenvalue weighted by Gasteiger charge is 2.14. The Morgan fingerprint density at radius 3 is 2.65 bits per heavy atom. The van der Waals surface area contributed by atoms with Crippen molar-refractivity contribution in [3.05, 3.63) is 45.9 Å². The van der Waals surface area contributed by atoms with Gasteiger partial charge in [0.25, 0.3) is 0 Å². The Labute approximate surface area is 141 Å². The van der Waals surface area contributed by atoms with Gasteiger partial charge in [-0.2, -0.15) is 0 Å². The van der Waals surface area contributed by atoms with E-state index >= 15 is 0 Å². The van der Waals surface area contributed by atoms with E-state index in [1.54, 1.807) is 0 Å². The zero-order valence-corrected chi connectivity index (χ0v) is 14.8. The number of carbonyl (C=O) groups excluding carboxylic acids is 1. The molecule has 5 nitrogen and oxygen atoms in total. The number of halogens is 1. The van der Waals surface area contributed by atoms with Crippen LogP contribution in [0.4, 0.5) is 0 Å². The second kappa shape index (κ2) is 5.65. The van der Waals surface area contributed by atoms with Gasteiger partial charge in [-0.25, -0.2) is 8.42 Å². The van der Waals surface area contributed by atoms with Crippen LogP contribution in [-0.4, -0.2) is 25.6 Å². The number of nitrogens with one attached hydrogen (secondary N) is 1. The van der Waals surface area contributed by atoms with Crippen LogP contribution in [0.3, 0.4) is 0 Å². The molecular formula is C16H15BrN2O3S. The maximum atomic E-state index is 11.5. The number of nitrogens with two attached hydrogens (primary N) is 1. The molecule has 0 aliphatic rings. The summed E-state index contributed by atoms with van der Waals surface area (Å²) in [6.07, 6.45) is 1.36. The molecule has 2 aromatic carbocycles. The highest BCUT2D eigenvalue weighted by Crippen LogP contribution is 2.34. The highest BCUT2D eigenvalue weighted by molar-refractivity contribution is 9.10. The number of hydrogen-bond donors (Lipinski definition) is 2. The molecule has 1 aromatic heterocycles. The summed E-state index contributed by atoms with van der Waals surface area (Å²) in [6, 6.07) is 9.27. The van der Waals surface area contributed by atoms with Gasteiger partial charge in [-0.1, -0.05) is 34.1 Å². The molecule has 1 amide bonds. The van der Waals surface area contributed by atoms with Crippen LogP contribution < -0.4 is 5.73 Å². The standard InChI is InChI=1S/C16H15BrN2O3S/c1-23(21,22)8-9-2-4-11-13(6-9)19-16-10(7-14(18)20)3-5-12(17)15(11)16/h2-6,19H,7-8H2,1H3,(H2,18,20). The maximum absolute atomic E-state index is 11.5. The van der Waals surface area contributed by atoms with Gasteiger partial charge in [0, 0.05) is 27.0 Å². The fraction of sp³-hybridized carbons (Fsp3) is 0.188. The van der Waals surface area contributed by atoms with Crippen LogP contribution >= 0.6 is 15.9 Å². The van der Waals surface area contributed by atoms with Gasteiger partial charge in [-0.15, -0.1) is 0 Å². The first kappa shape index (κ1) is 16.0. The monoisotopic (exact) mass is 394 g/mol. The van der Waals surface area contributed by atoms with Crippen molar-refractivity contribution in [2.75, 3.05) is 6.26 Å². The first-order valence-electron chi connectivity index (χ1n) is 6.92. The number of H-pyrrole nitrogens is 1. The average Bonchev–Trinajstić information content (AvgIpc) is 2.79. The van der Waals surface area contributed by atoms with E-state index in [-0.39, 0.29) is 12.2 Å². The number of rotatable bonds is 4. The van der Waals surface area contributed by atoms with Crippen molar-refractivity contribution in [1.82, 2.24) is 4.98 Å². The molecule has 3 rings (SSSR count). The van der Waals surface area contributed by atoms with Crippen molar-refractivity contribution in [2.24, 2.45) is 5.73 Å². The van der Waals surface area contributed by atoms with Crippen molar-refractivity contribution < 1.29 is 13.2 Å². The molecule has 120 valence electrons. The molecule has 3 N–H and O–H groups in total. The van der Waals surface area contributed by atoms with Crippen molar-refractivity contribution in [3.63, 3.8) is 0 Å². The van der Waals surface area contributed by atoms with Crippen LogP contribution in [0.15, 0.2) is 34.8 Å². The molecule has 7 heteroatoms. The lowest BCUT2D eigenvalue weighted by molar-refractivity contribution is -0.117. The van der Waals surface area contributed by atoms with Gasteiger partial charge in [-0.05, 0) is 23.3 Å². The fourth-order valence-corrected chi connectivity index (χ4v) is 4.13. The van der Waals surface area contributed by atoms with Gasteiger partial charge >= 0.3 is 0 Å². The quantitative estimate of drug-likeness (QED) is 0.711. The highest BCUT2D eigenvalue weighted by atomic mass is 79.9. The summed E-state index contributed by atoms with van der Waals surface area (Å²) in [4.78, 5) is 14.5. The van der Waals surface area contributed by atoms with Crippen LogP contribution in [0.2, 0.25) is 0 Å². The Balaban J connectivity index is 2.24. The minimum absolute atomic E-state index is 0.00633. The number of aromatic amines is 1. The molecule has 0 bridgehead atoms. The van der Waals surface area contributed by atoms with Crippen LogP contribution in [0.1, 0.15) is 11.1 Å². The maximum Gasteiger partial charge on any atom is 0.221 e. The number of amides is 1. The number of sulfone groups is 1. The lowest BCUT2D eigenvalue weighted by Gasteiger charge is -2.02. The first-order valence-corrected chi connectivity index (χ1v) is 9.77. The largest absolute Gasteiger partial charge is 0.369 e. The average molecular weight is 395 g/mol. The Hall–Kier alpha value is -1.86. The Morgan fingerprint density at radius 2 is 2.00 bits per heavy atom. The van der Waals surface area contributed by atoms with E-state index in [1.165, 1.54) is 6.26 Å². The van der Waals surface area contributed by atoms with Gasteiger partial charge in [-0.3, -0.25) is 4.79 Å². The molecule has 23 heavy (non-hydrogen) atoms. The van der Waals surface area contributed by atoms with Gasteiger partial charge < -0.3 is 10.7 Å². The Morgan fingerprint density at radius 1 is 1.26 bits per heavy atom. The third kappa shape index (κ3) is 3.25. The Kier molecular flexibility index (Phi) is 3.93. The summed E-state index contributed by atoms with van der Waals surface area (Å²) in [5.74, 6) is -0.404. The summed E-state index contributed by atoms with van der Waals surface area (Å²) >= 11 is 3.53. The summed E-state index contributed by atoms with van der Waals surface area (Å²) in [7, 11) is -3.09. The molecule has 0 saturated carbocycles. The predicted octanol–water partition coefficient (Wildman–Crippen LogP) is 2.66. The second-order valence-electron chi connectivity index (χ2n) is 5.67. The molecule has 0 atom stereocenters. The normalized spacial score (nSPS) is 12.1. The molecule has 3 aromatic rings. The van der Waals surface area contributed by atoms with Crippen molar-refractivity contribution in [1.29, 1.82) is 0 Å². The van der Waals surface area contributed by atoms with Crippen LogP contribution in [-0.2, 0) is 26.8 Å². The summed E-state index contributed by atoms with van der Waals surface area (Å²) in [5.41, 5.74) is 8.52. The van der Waals surface area contributed by atoms with Crippen LogP contribution in [0.25, 0.3) is 21.8 Å². The SMILES string of the molecule is CS(=O)(=O)Cc1ccc2c(c1)[nH]c1c(CC(N)=O)ccc(Br)c12. The van der Waals surface area contributed by atoms with E-state index in [9.17, 15) is 13.2 Å². The van der Waals surface area contributed by atoms with E-state index in [0.717, 1.165) is 37.4 Å². The molecule has 0 fully saturated rings. The third-order valence-electron chi connectivity index (χ3n) is 3.65. The fourth-order valence-electron chi connectivity index (χ4n) is 2.80. The minimum Gasteiger partial charge on any atom is -0.369 e. The van der Waals surface area contributed by atoms with Crippen molar-refractivity contribution in [3.8, 4) is 0 Å². The molecule has 0 aliphatic heterocycles. The van der Waals surface area contributed by atoms with Gasteiger partial charge in [0.2, 0.25) is 5.91 Å². The van der Waals surface area contributed by atoms with Gasteiger partial charge in [0.05, 0.1) is 17.7 Å². The number of hydrogen-bond acceptors (Lipinski definition) is 3. The van der Waals surface area contributed by atoms with E-state index in [0.29, 0.717) is 0 Å². The third-order valence-corrected chi connectivity index (χ3v) is 5.17. The minimum atomic E-state index is -3.09. The van der Waals surface area contributed by atoms with Crippen LogP contribution in [0.5, 0.6) is 0 Å². The van der Waals surface area contributed by atoms with E-state index < -0.39 is 15.7 Å². The molecule has 0 unspecified atom stereocenters. The Bertz CT molecular complexity index is 1040.